The van der Waals surface area contributed by atoms with E-state index in [1.54, 1.807) is 0 Å². The Kier molecular flexibility index (Phi) is 4.51. The van der Waals surface area contributed by atoms with Crippen molar-refractivity contribution in [3.05, 3.63) is 17.0 Å². The third kappa shape index (κ3) is 3.26. The zero-order chi connectivity index (χ0) is 12.3. The molecule has 1 saturated heterocycles. The summed E-state index contributed by atoms with van der Waals surface area (Å²) < 4.78 is 5.20. The van der Waals surface area contributed by atoms with Crippen molar-refractivity contribution in [3.63, 3.8) is 0 Å². The maximum atomic E-state index is 5.20. The molecular weight excluding hydrogens is 232 g/mol. The molecule has 0 radical (unpaired) electrons. The van der Waals surface area contributed by atoms with Gasteiger partial charge in [0.15, 0.2) is 0 Å². The monoisotopic (exact) mass is 254 g/mol. The van der Waals surface area contributed by atoms with Gasteiger partial charge >= 0.3 is 0 Å². The minimum atomic E-state index is 0.728. The summed E-state index contributed by atoms with van der Waals surface area (Å²) in [4.78, 5) is 0. The van der Waals surface area contributed by atoms with Crippen LogP contribution in [0.1, 0.15) is 36.8 Å². The summed E-state index contributed by atoms with van der Waals surface area (Å²) in [5.74, 6) is 2.88. The van der Waals surface area contributed by atoms with Gasteiger partial charge in [-0.15, -0.1) is 0 Å². The Balaban J connectivity index is 1.85. The third-order valence-corrected chi connectivity index (χ3v) is 5.09. The highest BCUT2D eigenvalue weighted by molar-refractivity contribution is 7.99. The first-order chi connectivity index (χ1) is 8.18. The van der Waals surface area contributed by atoms with Gasteiger partial charge in [-0.1, -0.05) is 12.1 Å². The normalized spacial score (nSPS) is 19.5. The van der Waals surface area contributed by atoms with Crippen molar-refractivity contribution >= 4 is 11.8 Å². The van der Waals surface area contributed by atoms with Gasteiger partial charge in [-0.25, -0.2) is 0 Å². The van der Waals surface area contributed by atoms with Crippen LogP contribution in [0.5, 0.6) is 0 Å². The van der Waals surface area contributed by atoms with Crippen molar-refractivity contribution in [1.29, 1.82) is 0 Å². The minimum Gasteiger partial charge on any atom is -0.361 e. The Bertz CT molecular complexity index is 339. The molecule has 1 atom stereocenters. The van der Waals surface area contributed by atoms with Crippen molar-refractivity contribution in [2.75, 3.05) is 13.1 Å². The number of nitrogens with one attached hydrogen (secondary N) is 1. The molecule has 0 aromatic carbocycles. The van der Waals surface area contributed by atoms with Crippen molar-refractivity contribution in [3.8, 4) is 0 Å². The van der Waals surface area contributed by atoms with Crippen LogP contribution in [0, 0.1) is 19.8 Å². The largest absolute Gasteiger partial charge is 0.361 e. The number of hydrogen-bond donors (Lipinski definition) is 1. The van der Waals surface area contributed by atoms with Gasteiger partial charge in [0.25, 0.3) is 0 Å². The summed E-state index contributed by atoms with van der Waals surface area (Å²) in [5.41, 5.74) is 2.34. The number of nitrogens with zero attached hydrogens (tertiary/aromatic N) is 1. The molecule has 1 unspecified atom stereocenters. The summed E-state index contributed by atoms with van der Waals surface area (Å²) in [5, 5.41) is 8.16. The second kappa shape index (κ2) is 5.91. The lowest BCUT2D eigenvalue weighted by Crippen LogP contribution is -2.31. The molecule has 0 saturated carbocycles. The van der Waals surface area contributed by atoms with Crippen LogP contribution in [-0.2, 0) is 5.75 Å². The van der Waals surface area contributed by atoms with Crippen molar-refractivity contribution in [2.24, 2.45) is 5.92 Å². The zero-order valence-electron chi connectivity index (χ0n) is 11.0. The highest BCUT2D eigenvalue weighted by Gasteiger charge is 2.21. The van der Waals surface area contributed by atoms with E-state index in [2.05, 4.69) is 17.4 Å². The summed E-state index contributed by atoms with van der Waals surface area (Å²) in [7, 11) is 0. The average Bonchev–Trinajstić information content (AvgIpc) is 2.67. The molecule has 1 N–H and O–H groups in total. The van der Waals surface area contributed by atoms with E-state index in [-0.39, 0.29) is 0 Å². The molecule has 4 heteroatoms. The Morgan fingerprint density at radius 2 is 2.12 bits per heavy atom. The molecule has 1 fully saturated rings. The van der Waals surface area contributed by atoms with Crippen LogP contribution >= 0.6 is 11.8 Å². The van der Waals surface area contributed by atoms with Crippen molar-refractivity contribution in [1.82, 2.24) is 10.5 Å². The fourth-order valence-electron chi connectivity index (χ4n) is 2.37. The van der Waals surface area contributed by atoms with Gasteiger partial charge < -0.3 is 9.84 Å². The second-order valence-electron chi connectivity index (χ2n) is 4.91. The predicted molar refractivity (Wildman–Crippen MR) is 72.3 cm³/mol. The summed E-state index contributed by atoms with van der Waals surface area (Å²) in [6, 6.07) is 0. The SMILES string of the molecule is Cc1noc(C)c1CSC(C)C1CCNCC1. The first-order valence-electron chi connectivity index (χ1n) is 6.42. The first-order valence-corrected chi connectivity index (χ1v) is 7.47. The number of thioether (sulfide) groups is 1. The molecule has 2 rings (SSSR count). The zero-order valence-corrected chi connectivity index (χ0v) is 11.8. The van der Waals surface area contributed by atoms with Gasteiger partial charge in [0.1, 0.15) is 5.76 Å². The summed E-state index contributed by atoms with van der Waals surface area (Å²) in [6.07, 6.45) is 2.63. The fourth-order valence-corrected chi connectivity index (χ4v) is 3.76. The maximum absolute atomic E-state index is 5.20. The highest BCUT2D eigenvalue weighted by atomic mass is 32.2. The fraction of sp³-hybridized carbons (Fsp3) is 0.769. The van der Waals surface area contributed by atoms with E-state index in [0.717, 1.165) is 28.4 Å². The molecule has 3 nitrogen and oxygen atoms in total. The van der Waals surface area contributed by atoms with E-state index < -0.39 is 0 Å². The van der Waals surface area contributed by atoms with E-state index in [4.69, 9.17) is 4.52 Å². The van der Waals surface area contributed by atoms with Crippen LogP contribution in [0.25, 0.3) is 0 Å². The van der Waals surface area contributed by atoms with Crippen molar-refractivity contribution in [2.45, 2.75) is 44.6 Å². The number of piperidine rings is 1. The number of aromatic nitrogens is 1. The van der Waals surface area contributed by atoms with Gasteiger partial charge in [-0.3, -0.25) is 0 Å². The summed E-state index contributed by atoms with van der Waals surface area (Å²) >= 11 is 2.04. The lowest BCUT2D eigenvalue weighted by atomic mass is 9.95. The standard InChI is InChI=1S/C13H22N2OS/c1-9-13(10(2)16-15-9)8-17-11(3)12-4-6-14-7-5-12/h11-12,14H,4-8H2,1-3H3. The van der Waals surface area contributed by atoms with Crippen LogP contribution in [0.15, 0.2) is 4.52 Å². The molecule has 0 spiro atoms. The maximum Gasteiger partial charge on any atom is 0.137 e. The Morgan fingerprint density at radius 1 is 1.41 bits per heavy atom. The molecule has 96 valence electrons. The first kappa shape index (κ1) is 13.0. The molecule has 1 aromatic heterocycles. The average molecular weight is 254 g/mol. The van der Waals surface area contributed by atoms with Crippen LogP contribution in [-0.4, -0.2) is 23.5 Å². The van der Waals surface area contributed by atoms with Gasteiger partial charge in [0, 0.05) is 16.6 Å². The molecule has 0 aliphatic carbocycles. The summed E-state index contributed by atoms with van der Waals surface area (Å²) in [6.45, 7) is 8.76. The van der Waals surface area contributed by atoms with E-state index in [9.17, 15) is 0 Å². The van der Waals surface area contributed by atoms with E-state index in [1.807, 2.05) is 25.6 Å². The molecule has 1 aromatic rings. The molecule has 0 amide bonds. The van der Waals surface area contributed by atoms with E-state index in [0.29, 0.717) is 0 Å². The molecular formula is C13H22N2OS. The number of aryl methyl sites for hydroxylation is 2. The Morgan fingerprint density at radius 3 is 2.71 bits per heavy atom. The van der Waals surface area contributed by atoms with E-state index in [1.165, 1.54) is 31.5 Å². The van der Waals surface area contributed by atoms with Crippen LogP contribution in [0.3, 0.4) is 0 Å². The third-order valence-electron chi connectivity index (χ3n) is 3.72. The van der Waals surface area contributed by atoms with Gasteiger partial charge in [0.2, 0.25) is 0 Å². The molecule has 17 heavy (non-hydrogen) atoms. The number of hydrogen-bond acceptors (Lipinski definition) is 4. The predicted octanol–water partition coefficient (Wildman–Crippen LogP) is 2.91. The minimum absolute atomic E-state index is 0.728. The second-order valence-corrected chi connectivity index (χ2v) is 6.27. The van der Waals surface area contributed by atoms with Crippen LogP contribution < -0.4 is 5.32 Å². The lowest BCUT2D eigenvalue weighted by Gasteiger charge is -2.27. The molecule has 1 aliphatic heterocycles. The molecule has 2 heterocycles. The van der Waals surface area contributed by atoms with Gasteiger partial charge in [0.05, 0.1) is 5.69 Å². The Labute approximate surface area is 108 Å². The van der Waals surface area contributed by atoms with Crippen LogP contribution in [0.4, 0.5) is 0 Å². The number of rotatable bonds is 4. The highest BCUT2D eigenvalue weighted by Crippen LogP contribution is 2.30. The van der Waals surface area contributed by atoms with E-state index >= 15 is 0 Å². The van der Waals surface area contributed by atoms with Crippen LogP contribution in [0.2, 0.25) is 0 Å². The molecule has 1 aliphatic rings. The molecule has 0 bridgehead atoms. The van der Waals surface area contributed by atoms with Crippen molar-refractivity contribution < 1.29 is 4.52 Å². The topological polar surface area (TPSA) is 38.1 Å². The Hall–Kier alpha value is -0.480. The quantitative estimate of drug-likeness (QED) is 0.896. The van der Waals surface area contributed by atoms with Gasteiger partial charge in [-0.2, -0.15) is 11.8 Å². The smallest absolute Gasteiger partial charge is 0.137 e. The lowest BCUT2D eigenvalue weighted by molar-refractivity contribution is 0.373. The van der Waals surface area contributed by atoms with Gasteiger partial charge in [-0.05, 0) is 45.7 Å².